The van der Waals surface area contributed by atoms with Crippen molar-refractivity contribution in [1.29, 1.82) is 0 Å². The summed E-state index contributed by atoms with van der Waals surface area (Å²) in [6.07, 6.45) is 4.34. The van der Waals surface area contributed by atoms with Gasteiger partial charge in [0, 0.05) is 25.6 Å². The maximum atomic E-state index is 12.1. The van der Waals surface area contributed by atoms with E-state index in [0.29, 0.717) is 24.8 Å². The second-order valence-electron chi connectivity index (χ2n) is 5.97. The third kappa shape index (κ3) is 3.23. The van der Waals surface area contributed by atoms with E-state index in [-0.39, 0.29) is 12.0 Å². The van der Waals surface area contributed by atoms with E-state index in [1.54, 1.807) is 6.92 Å². The molecule has 2 rings (SSSR count). The molecule has 0 bridgehead atoms. The highest BCUT2D eigenvalue weighted by molar-refractivity contribution is 5.76. The van der Waals surface area contributed by atoms with E-state index in [0.717, 1.165) is 19.5 Å². The SMILES string of the molecule is CC(O)CCC(=O)N1CCC2C(CCCN2C)C1. The van der Waals surface area contributed by atoms with Crippen LogP contribution in [0.2, 0.25) is 0 Å². The molecule has 4 nitrogen and oxygen atoms in total. The van der Waals surface area contributed by atoms with Crippen molar-refractivity contribution in [2.24, 2.45) is 5.92 Å². The highest BCUT2D eigenvalue weighted by Gasteiger charge is 2.35. The van der Waals surface area contributed by atoms with E-state index in [4.69, 9.17) is 0 Å². The fraction of sp³-hybridized carbons (Fsp3) is 0.929. The van der Waals surface area contributed by atoms with Crippen LogP contribution < -0.4 is 0 Å². The van der Waals surface area contributed by atoms with Crippen molar-refractivity contribution in [1.82, 2.24) is 9.80 Å². The molecule has 2 heterocycles. The standard InChI is InChI=1S/C14H26N2O2/c1-11(17)5-6-14(18)16-9-7-13-12(10-16)4-3-8-15(13)2/h11-13,17H,3-10H2,1-2H3. The first-order chi connectivity index (χ1) is 8.58. The zero-order chi connectivity index (χ0) is 13.1. The number of nitrogens with zero attached hydrogens (tertiary/aromatic N) is 2. The molecule has 0 aromatic carbocycles. The minimum absolute atomic E-state index is 0.225. The summed E-state index contributed by atoms with van der Waals surface area (Å²) in [6.45, 7) is 4.77. The van der Waals surface area contributed by atoms with Crippen LogP contribution in [-0.4, -0.2) is 59.6 Å². The van der Waals surface area contributed by atoms with Crippen LogP contribution >= 0.6 is 0 Å². The number of hydrogen-bond acceptors (Lipinski definition) is 3. The van der Waals surface area contributed by atoms with Crippen molar-refractivity contribution in [2.75, 3.05) is 26.7 Å². The summed E-state index contributed by atoms with van der Waals surface area (Å²) in [5, 5.41) is 9.24. The molecule has 0 aromatic heterocycles. The maximum absolute atomic E-state index is 12.1. The number of carbonyl (C=O) groups excluding carboxylic acids is 1. The molecule has 1 N–H and O–H groups in total. The summed E-state index contributed by atoms with van der Waals surface area (Å²) < 4.78 is 0. The molecule has 0 spiro atoms. The molecule has 18 heavy (non-hydrogen) atoms. The molecule has 0 aromatic rings. The fourth-order valence-corrected chi connectivity index (χ4v) is 3.37. The van der Waals surface area contributed by atoms with Gasteiger partial charge in [-0.15, -0.1) is 0 Å². The lowest BCUT2D eigenvalue weighted by Gasteiger charge is -2.46. The Morgan fingerprint density at radius 2 is 2.17 bits per heavy atom. The van der Waals surface area contributed by atoms with E-state index < -0.39 is 0 Å². The maximum Gasteiger partial charge on any atom is 0.222 e. The molecule has 0 saturated carbocycles. The number of likely N-dealkylation sites (tertiary alicyclic amines) is 2. The Bertz CT molecular complexity index is 294. The van der Waals surface area contributed by atoms with Crippen molar-refractivity contribution in [2.45, 2.75) is 51.2 Å². The van der Waals surface area contributed by atoms with Crippen LogP contribution in [-0.2, 0) is 4.79 Å². The van der Waals surface area contributed by atoms with Crippen molar-refractivity contribution >= 4 is 5.91 Å². The molecule has 2 saturated heterocycles. The molecule has 3 unspecified atom stereocenters. The monoisotopic (exact) mass is 254 g/mol. The molecular weight excluding hydrogens is 228 g/mol. The number of rotatable bonds is 3. The molecular formula is C14H26N2O2. The third-order valence-corrected chi connectivity index (χ3v) is 4.47. The second-order valence-corrected chi connectivity index (χ2v) is 5.97. The minimum atomic E-state index is -0.368. The molecule has 3 atom stereocenters. The van der Waals surface area contributed by atoms with Gasteiger partial charge in [-0.2, -0.15) is 0 Å². The highest BCUT2D eigenvalue weighted by atomic mass is 16.3. The number of hydrogen-bond donors (Lipinski definition) is 1. The first-order valence-electron chi connectivity index (χ1n) is 7.24. The molecule has 1 amide bonds. The van der Waals surface area contributed by atoms with Gasteiger partial charge in [0.2, 0.25) is 5.91 Å². The van der Waals surface area contributed by atoms with E-state index in [9.17, 15) is 9.90 Å². The zero-order valence-corrected chi connectivity index (χ0v) is 11.6. The van der Waals surface area contributed by atoms with Crippen LogP contribution in [0.25, 0.3) is 0 Å². The fourth-order valence-electron chi connectivity index (χ4n) is 3.37. The quantitative estimate of drug-likeness (QED) is 0.820. The predicted molar refractivity (Wildman–Crippen MR) is 71.3 cm³/mol. The Labute approximate surface area is 110 Å². The number of amides is 1. The molecule has 4 heteroatoms. The van der Waals surface area contributed by atoms with Crippen LogP contribution in [0, 0.1) is 5.92 Å². The minimum Gasteiger partial charge on any atom is -0.393 e. The van der Waals surface area contributed by atoms with Gasteiger partial charge in [0.15, 0.2) is 0 Å². The third-order valence-electron chi connectivity index (χ3n) is 4.47. The van der Waals surface area contributed by atoms with E-state index in [1.165, 1.54) is 19.4 Å². The number of piperidine rings is 2. The largest absolute Gasteiger partial charge is 0.393 e. The Morgan fingerprint density at radius 3 is 2.89 bits per heavy atom. The summed E-state index contributed by atoms with van der Waals surface area (Å²) in [6, 6.07) is 0.680. The van der Waals surface area contributed by atoms with Crippen molar-refractivity contribution in [3.8, 4) is 0 Å². The number of fused-ring (bicyclic) bond motifs is 1. The van der Waals surface area contributed by atoms with Gasteiger partial charge in [0.1, 0.15) is 0 Å². The molecule has 2 fully saturated rings. The molecule has 2 aliphatic rings. The highest BCUT2D eigenvalue weighted by Crippen LogP contribution is 2.29. The van der Waals surface area contributed by atoms with Gasteiger partial charge >= 0.3 is 0 Å². The lowest BCUT2D eigenvalue weighted by Crippen LogP contribution is -2.53. The van der Waals surface area contributed by atoms with Gasteiger partial charge in [-0.05, 0) is 52.1 Å². The smallest absolute Gasteiger partial charge is 0.222 e. The normalized spacial score (nSPS) is 30.9. The van der Waals surface area contributed by atoms with Crippen LogP contribution in [0.15, 0.2) is 0 Å². The van der Waals surface area contributed by atoms with Gasteiger partial charge < -0.3 is 14.9 Å². The van der Waals surface area contributed by atoms with E-state index in [2.05, 4.69) is 11.9 Å². The summed E-state index contributed by atoms with van der Waals surface area (Å²) >= 11 is 0. The molecule has 0 aliphatic carbocycles. The number of carbonyl (C=O) groups is 1. The topological polar surface area (TPSA) is 43.8 Å². The predicted octanol–water partition coefficient (Wildman–Crippen LogP) is 1.09. The van der Waals surface area contributed by atoms with E-state index in [1.807, 2.05) is 4.90 Å². The summed E-state index contributed by atoms with van der Waals surface area (Å²) in [4.78, 5) is 16.5. The number of aliphatic hydroxyl groups is 1. The average Bonchev–Trinajstić information content (AvgIpc) is 2.35. The lowest BCUT2D eigenvalue weighted by molar-refractivity contribution is -0.135. The first-order valence-corrected chi connectivity index (χ1v) is 7.24. The van der Waals surface area contributed by atoms with Gasteiger partial charge in [0.05, 0.1) is 6.10 Å². The van der Waals surface area contributed by atoms with Crippen molar-refractivity contribution < 1.29 is 9.90 Å². The molecule has 2 aliphatic heterocycles. The van der Waals surface area contributed by atoms with Gasteiger partial charge in [0.25, 0.3) is 0 Å². The molecule has 0 radical (unpaired) electrons. The van der Waals surface area contributed by atoms with Crippen LogP contribution in [0.3, 0.4) is 0 Å². The second kappa shape index (κ2) is 6.02. The first kappa shape index (κ1) is 13.8. The van der Waals surface area contributed by atoms with Crippen LogP contribution in [0.4, 0.5) is 0 Å². The summed E-state index contributed by atoms with van der Waals surface area (Å²) in [5.74, 6) is 0.885. The lowest BCUT2D eigenvalue weighted by atomic mass is 9.84. The summed E-state index contributed by atoms with van der Waals surface area (Å²) in [5.41, 5.74) is 0. The van der Waals surface area contributed by atoms with Crippen molar-refractivity contribution in [3.63, 3.8) is 0 Å². The van der Waals surface area contributed by atoms with E-state index >= 15 is 0 Å². The Morgan fingerprint density at radius 1 is 1.39 bits per heavy atom. The van der Waals surface area contributed by atoms with Gasteiger partial charge in [-0.1, -0.05) is 0 Å². The molecule has 104 valence electrons. The zero-order valence-electron chi connectivity index (χ0n) is 11.6. The van der Waals surface area contributed by atoms with Gasteiger partial charge in [-0.25, -0.2) is 0 Å². The van der Waals surface area contributed by atoms with Crippen LogP contribution in [0.5, 0.6) is 0 Å². The Balaban J connectivity index is 1.84. The Kier molecular flexibility index (Phi) is 4.62. The summed E-state index contributed by atoms with van der Waals surface area (Å²) in [7, 11) is 2.21. The average molecular weight is 254 g/mol. The number of aliphatic hydroxyl groups excluding tert-OH is 1. The van der Waals surface area contributed by atoms with Gasteiger partial charge in [-0.3, -0.25) is 4.79 Å². The van der Waals surface area contributed by atoms with Crippen molar-refractivity contribution in [3.05, 3.63) is 0 Å². The van der Waals surface area contributed by atoms with Crippen LogP contribution in [0.1, 0.15) is 39.0 Å². The Hall–Kier alpha value is -0.610.